The molecule has 4 heteroatoms. The number of carbonyl (C=O) groups is 1. The predicted octanol–water partition coefficient (Wildman–Crippen LogP) is 1.60. The van der Waals surface area contributed by atoms with E-state index in [0.29, 0.717) is 6.54 Å². The third kappa shape index (κ3) is 2.68. The number of hydrogen-bond donors (Lipinski definition) is 1. The van der Waals surface area contributed by atoms with Gasteiger partial charge in [0.2, 0.25) is 5.91 Å². The van der Waals surface area contributed by atoms with Crippen molar-refractivity contribution in [2.45, 2.75) is 52.5 Å². The first-order valence-corrected chi connectivity index (χ1v) is 6.54. The Morgan fingerprint density at radius 1 is 1.41 bits per heavy atom. The van der Waals surface area contributed by atoms with E-state index >= 15 is 0 Å². The molecule has 4 nitrogen and oxygen atoms in total. The summed E-state index contributed by atoms with van der Waals surface area (Å²) in [5.41, 5.74) is 2.48. The summed E-state index contributed by atoms with van der Waals surface area (Å²) < 4.78 is 2.08. The van der Waals surface area contributed by atoms with Crippen molar-refractivity contribution >= 4 is 5.91 Å². The van der Waals surface area contributed by atoms with Crippen LogP contribution in [0.15, 0.2) is 0 Å². The smallest absolute Gasteiger partial charge is 0.239 e. The Hall–Kier alpha value is -1.32. The lowest BCUT2D eigenvalue weighted by atomic mass is 10.0. The van der Waals surface area contributed by atoms with Crippen molar-refractivity contribution in [3.05, 3.63) is 17.2 Å². The molecule has 0 radical (unpaired) electrons. The Bertz CT molecular complexity index is 409. The van der Waals surface area contributed by atoms with Crippen molar-refractivity contribution in [3.63, 3.8) is 0 Å². The fourth-order valence-corrected chi connectivity index (χ4v) is 2.41. The molecular formula is C13H21N3O. The molecule has 1 aromatic rings. The third-order valence-electron chi connectivity index (χ3n) is 3.30. The van der Waals surface area contributed by atoms with Gasteiger partial charge in [0, 0.05) is 12.2 Å². The topological polar surface area (TPSA) is 46.9 Å². The number of amides is 1. The van der Waals surface area contributed by atoms with E-state index in [0.717, 1.165) is 31.6 Å². The van der Waals surface area contributed by atoms with Crippen molar-refractivity contribution in [1.82, 2.24) is 14.9 Å². The predicted molar refractivity (Wildman–Crippen MR) is 66.9 cm³/mol. The summed E-state index contributed by atoms with van der Waals surface area (Å²) in [6.07, 6.45) is 5.56. The van der Waals surface area contributed by atoms with Gasteiger partial charge in [0.25, 0.3) is 0 Å². The maximum Gasteiger partial charge on any atom is 0.239 e. The zero-order valence-corrected chi connectivity index (χ0v) is 10.8. The summed E-state index contributed by atoms with van der Waals surface area (Å²) in [5.74, 6) is 1.07. The molecule has 1 aromatic heterocycles. The Labute approximate surface area is 102 Å². The molecule has 0 aliphatic heterocycles. The lowest BCUT2D eigenvalue weighted by Crippen LogP contribution is -2.29. The number of carbonyl (C=O) groups excluding carboxylic acids is 1. The highest BCUT2D eigenvalue weighted by atomic mass is 16.1. The van der Waals surface area contributed by atoms with Crippen LogP contribution in [0.5, 0.6) is 0 Å². The highest BCUT2D eigenvalue weighted by molar-refractivity contribution is 5.75. The van der Waals surface area contributed by atoms with Crippen molar-refractivity contribution in [3.8, 4) is 0 Å². The molecule has 0 spiro atoms. The van der Waals surface area contributed by atoms with Crippen molar-refractivity contribution in [2.75, 3.05) is 6.54 Å². The quantitative estimate of drug-likeness (QED) is 0.861. The van der Waals surface area contributed by atoms with Crippen LogP contribution in [0.3, 0.4) is 0 Å². The molecule has 2 rings (SSSR count). The largest absolute Gasteiger partial charge is 0.355 e. The van der Waals surface area contributed by atoms with Crippen LogP contribution in [-0.4, -0.2) is 22.0 Å². The second-order valence-corrected chi connectivity index (χ2v) is 4.70. The van der Waals surface area contributed by atoms with Crippen LogP contribution in [0.2, 0.25) is 0 Å². The fourth-order valence-electron chi connectivity index (χ4n) is 2.41. The minimum atomic E-state index is 0.0979. The van der Waals surface area contributed by atoms with Crippen LogP contribution in [0.4, 0.5) is 0 Å². The van der Waals surface area contributed by atoms with Crippen LogP contribution >= 0.6 is 0 Å². The molecule has 0 atom stereocenters. The molecule has 1 aliphatic carbocycles. The van der Waals surface area contributed by atoms with Gasteiger partial charge < -0.3 is 9.88 Å². The van der Waals surface area contributed by atoms with E-state index in [9.17, 15) is 4.79 Å². The first kappa shape index (κ1) is 12.1. The van der Waals surface area contributed by atoms with Crippen LogP contribution < -0.4 is 5.32 Å². The third-order valence-corrected chi connectivity index (χ3v) is 3.30. The summed E-state index contributed by atoms with van der Waals surface area (Å²) >= 11 is 0. The summed E-state index contributed by atoms with van der Waals surface area (Å²) in [7, 11) is 0. The Morgan fingerprint density at radius 3 is 2.94 bits per heavy atom. The first-order chi connectivity index (χ1) is 8.22. The van der Waals surface area contributed by atoms with E-state index in [2.05, 4.69) is 21.8 Å². The normalized spacial score (nSPS) is 14.5. The molecule has 0 unspecified atom stereocenters. The second-order valence-electron chi connectivity index (χ2n) is 4.70. The van der Waals surface area contributed by atoms with Gasteiger partial charge in [-0.3, -0.25) is 4.79 Å². The minimum absolute atomic E-state index is 0.0979. The summed E-state index contributed by atoms with van der Waals surface area (Å²) in [6, 6.07) is 0. The van der Waals surface area contributed by atoms with E-state index in [-0.39, 0.29) is 5.91 Å². The number of aryl methyl sites for hydroxylation is 2. The highest BCUT2D eigenvalue weighted by Gasteiger charge is 2.19. The van der Waals surface area contributed by atoms with Crippen LogP contribution in [0, 0.1) is 6.92 Å². The highest BCUT2D eigenvalue weighted by Crippen LogP contribution is 2.21. The Morgan fingerprint density at radius 2 is 2.18 bits per heavy atom. The van der Waals surface area contributed by atoms with Gasteiger partial charge in [-0.2, -0.15) is 0 Å². The minimum Gasteiger partial charge on any atom is -0.355 e. The lowest BCUT2D eigenvalue weighted by molar-refractivity contribution is -0.121. The summed E-state index contributed by atoms with van der Waals surface area (Å²) in [4.78, 5) is 16.3. The molecular weight excluding hydrogens is 214 g/mol. The van der Waals surface area contributed by atoms with Gasteiger partial charge >= 0.3 is 0 Å². The van der Waals surface area contributed by atoms with Crippen molar-refractivity contribution in [2.24, 2.45) is 0 Å². The number of aromatic nitrogens is 2. The van der Waals surface area contributed by atoms with Gasteiger partial charge in [-0.15, -0.1) is 0 Å². The number of fused-ring (bicyclic) bond motifs is 1. The fraction of sp³-hybridized carbons (Fsp3) is 0.692. The molecule has 94 valence electrons. The maximum absolute atomic E-state index is 11.7. The van der Waals surface area contributed by atoms with Crippen molar-refractivity contribution < 1.29 is 4.79 Å². The number of hydrogen-bond acceptors (Lipinski definition) is 2. The van der Waals surface area contributed by atoms with Gasteiger partial charge in [-0.1, -0.05) is 6.92 Å². The summed E-state index contributed by atoms with van der Waals surface area (Å²) in [6.45, 7) is 5.24. The molecule has 0 saturated heterocycles. The van der Waals surface area contributed by atoms with Gasteiger partial charge in [-0.05, 0) is 39.0 Å². The monoisotopic (exact) mass is 235 g/mol. The average Bonchev–Trinajstić information content (AvgIpc) is 2.64. The molecule has 1 amide bonds. The maximum atomic E-state index is 11.7. The molecule has 0 saturated carbocycles. The van der Waals surface area contributed by atoms with E-state index in [4.69, 9.17) is 0 Å². The average molecular weight is 235 g/mol. The molecule has 0 fully saturated rings. The number of nitrogens with one attached hydrogen (secondary N) is 1. The van der Waals surface area contributed by atoms with Gasteiger partial charge in [0.05, 0.1) is 5.69 Å². The SMILES string of the molecule is CCCNC(=O)Cn1c(C)nc2c1CCCC2. The number of rotatable bonds is 4. The first-order valence-electron chi connectivity index (χ1n) is 6.54. The van der Waals surface area contributed by atoms with Crippen LogP contribution in [-0.2, 0) is 24.2 Å². The molecule has 1 aliphatic rings. The molecule has 0 aromatic carbocycles. The molecule has 17 heavy (non-hydrogen) atoms. The number of nitrogens with zero attached hydrogens (tertiary/aromatic N) is 2. The lowest BCUT2D eigenvalue weighted by Gasteiger charge is -2.14. The zero-order valence-electron chi connectivity index (χ0n) is 10.8. The van der Waals surface area contributed by atoms with E-state index < -0.39 is 0 Å². The summed E-state index contributed by atoms with van der Waals surface area (Å²) in [5, 5.41) is 2.92. The van der Waals surface area contributed by atoms with Crippen molar-refractivity contribution in [1.29, 1.82) is 0 Å². The standard InChI is InChI=1S/C13H21N3O/c1-3-8-14-13(17)9-16-10(2)15-11-6-4-5-7-12(11)16/h3-9H2,1-2H3,(H,14,17). The van der Waals surface area contributed by atoms with Gasteiger partial charge in [0.1, 0.15) is 12.4 Å². The number of imidazole rings is 1. The van der Waals surface area contributed by atoms with Gasteiger partial charge in [-0.25, -0.2) is 4.98 Å². The van der Waals surface area contributed by atoms with E-state index in [1.165, 1.54) is 24.2 Å². The van der Waals surface area contributed by atoms with E-state index in [1.54, 1.807) is 0 Å². The van der Waals surface area contributed by atoms with Crippen LogP contribution in [0.25, 0.3) is 0 Å². The molecule has 0 bridgehead atoms. The van der Waals surface area contributed by atoms with Gasteiger partial charge in [0.15, 0.2) is 0 Å². The zero-order chi connectivity index (χ0) is 12.3. The van der Waals surface area contributed by atoms with E-state index in [1.807, 2.05) is 6.92 Å². The molecule has 1 heterocycles. The molecule has 1 N–H and O–H groups in total. The Kier molecular flexibility index (Phi) is 3.82. The second kappa shape index (κ2) is 5.34. The van der Waals surface area contributed by atoms with Crippen LogP contribution in [0.1, 0.15) is 43.4 Å². The Balaban J connectivity index is 2.10.